The number of aliphatic hydroxyl groups excluding tert-OH is 1. The third-order valence-electron chi connectivity index (χ3n) is 3.81. The van der Waals surface area contributed by atoms with Crippen molar-refractivity contribution in [2.24, 2.45) is 0 Å². The number of ether oxygens (including phenoxy) is 2. The third-order valence-corrected chi connectivity index (χ3v) is 3.81. The molecule has 1 aliphatic carbocycles. The van der Waals surface area contributed by atoms with Gasteiger partial charge in [0, 0.05) is 19.7 Å². The average Bonchev–Trinajstić information content (AvgIpc) is 2.98. The van der Waals surface area contributed by atoms with Crippen molar-refractivity contribution in [3.05, 3.63) is 29.8 Å². The molecule has 21 heavy (non-hydrogen) atoms. The SMILES string of the molecule is COC1CCCC1NCC(O)COc1ccccc1C#N. The summed E-state index contributed by atoms with van der Waals surface area (Å²) >= 11 is 0. The number of rotatable bonds is 7. The van der Waals surface area contributed by atoms with E-state index in [-0.39, 0.29) is 12.7 Å². The second-order valence-corrected chi connectivity index (χ2v) is 5.29. The molecule has 0 saturated heterocycles. The van der Waals surface area contributed by atoms with Gasteiger partial charge in [-0.2, -0.15) is 5.26 Å². The van der Waals surface area contributed by atoms with Gasteiger partial charge in [0.25, 0.3) is 0 Å². The second-order valence-electron chi connectivity index (χ2n) is 5.29. The van der Waals surface area contributed by atoms with Crippen molar-refractivity contribution in [1.82, 2.24) is 5.32 Å². The maximum atomic E-state index is 9.98. The lowest BCUT2D eigenvalue weighted by Crippen LogP contribution is -2.42. The Morgan fingerprint density at radius 3 is 3.00 bits per heavy atom. The van der Waals surface area contributed by atoms with E-state index < -0.39 is 6.10 Å². The van der Waals surface area contributed by atoms with Gasteiger partial charge in [-0.1, -0.05) is 12.1 Å². The van der Waals surface area contributed by atoms with Gasteiger partial charge in [-0.3, -0.25) is 0 Å². The zero-order valence-corrected chi connectivity index (χ0v) is 12.3. The lowest BCUT2D eigenvalue weighted by Gasteiger charge is -2.21. The van der Waals surface area contributed by atoms with Crippen LogP contribution in [-0.2, 0) is 4.74 Å². The molecule has 0 radical (unpaired) electrons. The quantitative estimate of drug-likeness (QED) is 0.795. The number of methoxy groups -OCH3 is 1. The van der Waals surface area contributed by atoms with Crippen LogP contribution in [0.25, 0.3) is 0 Å². The Labute approximate surface area is 125 Å². The summed E-state index contributed by atoms with van der Waals surface area (Å²) < 4.78 is 10.9. The van der Waals surface area contributed by atoms with Crippen LogP contribution in [0.1, 0.15) is 24.8 Å². The summed E-state index contributed by atoms with van der Waals surface area (Å²) in [5.41, 5.74) is 0.480. The summed E-state index contributed by atoms with van der Waals surface area (Å²) in [6, 6.07) is 9.40. The van der Waals surface area contributed by atoms with Crippen molar-refractivity contribution in [1.29, 1.82) is 5.26 Å². The van der Waals surface area contributed by atoms with E-state index in [1.165, 1.54) is 0 Å². The number of aliphatic hydroxyl groups is 1. The van der Waals surface area contributed by atoms with Gasteiger partial charge in [-0.25, -0.2) is 0 Å². The Kier molecular flexibility index (Phi) is 6.00. The van der Waals surface area contributed by atoms with Gasteiger partial charge in [0.1, 0.15) is 24.5 Å². The molecule has 1 aromatic rings. The normalized spacial score (nSPS) is 22.7. The molecule has 1 aromatic carbocycles. The molecule has 0 heterocycles. The Bertz CT molecular complexity index is 487. The van der Waals surface area contributed by atoms with E-state index in [0.717, 1.165) is 19.3 Å². The first-order valence-corrected chi connectivity index (χ1v) is 7.30. The molecule has 3 atom stereocenters. The Morgan fingerprint density at radius 2 is 2.24 bits per heavy atom. The van der Waals surface area contributed by atoms with Crippen LogP contribution >= 0.6 is 0 Å². The van der Waals surface area contributed by atoms with Crippen molar-refractivity contribution in [2.75, 3.05) is 20.3 Å². The minimum atomic E-state index is -0.616. The molecule has 0 spiro atoms. The van der Waals surface area contributed by atoms with Gasteiger partial charge in [0.2, 0.25) is 0 Å². The number of nitrogens with one attached hydrogen (secondary N) is 1. The number of para-hydroxylation sites is 1. The van der Waals surface area contributed by atoms with Crippen LogP contribution in [0.4, 0.5) is 0 Å². The number of benzene rings is 1. The first kappa shape index (κ1) is 15.8. The van der Waals surface area contributed by atoms with Crippen LogP contribution in [0.15, 0.2) is 24.3 Å². The van der Waals surface area contributed by atoms with E-state index in [2.05, 4.69) is 11.4 Å². The fraction of sp³-hybridized carbons (Fsp3) is 0.562. The Morgan fingerprint density at radius 1 is 1.43 bits per heavy atom. The molecule has 0 amide bonds. The zero-order chi connectivity index (χ0) is 15.1. The maximum Gasteiger partial charge on any atom is 0.137 e. The molecule has 2 rings (SSSR count). The summed E-state index contributed by atoms with van der Waals surface area (Å²) in [5.74, 6) is 0.509. The molecule has 0 aliphatic heterocycles. The minimum Gasteiger partial charge on any atom is -0.489 e. The van der Waals surface area contributed by atoms with Crippen LogP contribution in [0.3, 0.4) is 0 Å². The molecule has 0 aromatic heterocycles. The predicted molar refractivity (Wildman–Crippen MR) is 79.1 cm³/mol. The molecule has 5 heteroatoms. The minimum absolute atomic E-state index is 0.163. The zero-order valence-electron chi connectivity index (χ0n) is 12.3. The van der Waals surface area contributed by atoms with Crippen molar-refractivity contribution in [3.8, 4) is 11.8 Å². The van der Waals surface area contributed by atoms with Crippen LogP contribution in [0.5, 0.6) is 5.75 Å². The van der Waals surface area contributed by atoms with E-state index in [1.54, 1.807) is 25.3 Å². The highest BCUT2D eigenvalue weighted by atomic mass is 16.5. The van der Waals surface area contributed by atoms with Gasteiger partial charge in [0.15, 0.2) is 0 Å². The van der Waals surface area contributed by atoms with Crippen molar-refractivity contribution in [2.45, 2.75) is 37.5 Å². The Balaban J connectivity index is 1.75. The van der Waals surface area contributed by atoms with Crippen molar-refractivity contribution in [3.63, 3.8) is 0 Å². The fourth-order valence-corrected chi connectivity index (χ4v) is 2.66. The van der Waals surface area contributed by atoms with Crippen molar-refractivity contribution >= 4 is 0 Å². The van der Waals surface area contributed by atoms with Crippen LogP contribution in [0.2, 0.25) is 0 Å². The molecule has 114 valence electrons. The van der Waals surface area contributed by atoms with Crippen LogP contribution in [0, 0.1) is 11.3 Å². The summed E-state index contributed by atoms with van der Waals surface area (Å²) in [7, 11) is 1.73. The lowest BCUT2D eigenvalue weighted by atomic mass is 10.2. The van der Waals surface area contributed by atoms with Crippen LogP contribution in [-0.4, -0.2) is 43.6 Å². The second kappa shape index (κ2) is 7.99. The molecule has 1 saturated carbocycles. The lowest BCUT2D eigenvalue weighted by molar-refractivity contribution is 0.0686. The van der Waals surface area contributed by atoms with Gasteiger partial charge < -0.3 is 19.9 Å². The summed E-state index contributed by atoms with van der Waals surface area (Å²) in [5, 5.41) is 22.3. The summed E-state index contributed by atoms with van der Waals surface area (Å²) in [4.78, 5) is 0. The third kappa shape index (κ3) is 4.43. The highest BCUT2D eigenvalue weighted by Crippen LogP contribution is 2.21. The number of hydrogen-bond donors (Lipinski definition) is 2. The molecule has 3 unspecified atom stereocenters. The molecular formula is C16H22N2O3. The van der Waals surface area contributed by atoms with Gasteiger partial charge in [-0.15, -0.1) is 0 Å². The average molecular weight is 290 g/mol. The largest absolute Gasteiger partial charge is 0.489 e. The Hall–Kier alpha value is -1.61. The standard InChI is InChI=1S/C16H22N2O3/c1-20-16-8-4-6-14(16)18-10-13(19)11-21-15-7-3-2-5-12(15)9-17/h2-3,5,7,13-14,16,18-19H,4,6,8,10-11H2,1H3. The van der Waals surface area contributed by atoms with E-state index in [9.17, 15) is 5.11 Å². The van der Waals surface area contributed by atoms with Gasteiger partial charge in [-0.05, 0) is 31.4 Å². The van der Waals surface area contributed by atoms with E-state index in [4.69, 9.17) is 14.7 Å². The smallest absolute Gasteiger partial charge is 0.137 e. The van der Waals surface area contributed by atoms with E-state index in [1.807, 2.05) is 6.07 Å². The number of hydrogen-bond acceptors (Lipinski definition) is 5. The predicted octanol–water partition coefficient (Wildman–Crippen LogP) is 1.46. The summed E-state index contributed by atoms with van der Waals surface area (Å²) in [6.45, 7) is 0.620. The highest BCUT2D eigenvalue weighted by Gasteiger charge is 2.26. The topological polar surface area (TPSA) is 74.5 Å². The number of nitriles is 1. The maximum absolute atomic E-state index is 9.98. The fourth-order valence-electron chi connectivity index (χ4n) is 2.66. The first-order valence-electron chi connectivity index (χ1n) is 7.30. The molecule has 2 N–H and O–H groups in total. The monoisotopic (exact) mass is 290 g/mol. The molecule has 0 bridgehead atoms. The van der Waals surface area contributed by atoms with Gasteiger partial charge in [0.05, 0.1) is 11.7 Å². The van der Waals surface area contributed by atoms with E-state index >= 15 is 0 Å². The van der Waals surface area contributed by atoms with Crippen LogP contribution < -0.4 is 10.1 Å². The first-order chi connectivity index (χ1) is 10.2. The summed E-state index contributed by atoms with van der Waals surface area (Å²) in [6.07, 6.45) is 2.91. The number of nitrogens with zero attached hydrogens (tertiary/aromatic N) is 1. The molecule has 5 nitrogen and oxygen atoms in total. The van der Waals surface area contributed by atoms with Gasteiger partial charge >= 0.3 is 0 Å². The molecular weight excluding hydrogens is 268 g/mol. The van der Waals surface area contributed by atoms with E-state index in [0.29, 0.717) is 23.9 Å². The molecule has 1 aliphatic rings. The van der Waals surface area contributed by atoms with Crippen molar-refractivity contribution < 1.29 is 14.6 Å². The molecule has 1 fully saturated rings. The highest BCUT2D eigenvalue weighted by molar-refractivity contribution is 5.42.